The summed E-state index contributed by atoms with van der Waals surface area (Å²) >= 11 is 0. The molecule has 0 spiro atoms. The van der Waals surface area contributed by atoms with Gasteiger partial charge in [-0.3, -0.25) is 4.79 Å². The maximum Gasteiger partial charge on any atom is 0.190 e. The summed E-state index contributed by atoms with van der Waals surface area (Å²) in [6.45, 7) is 1.80. The maximum atomic E-state index is 11.9. The molecule has 0 fully saturated rings. The molecule has 0 unspecified atom stereocenters. The van der Waals surface area contributed by atoms with Crippen LogP contribution in [0.5, 0.6) is 0 Å². The molecule has 1 aromatic rings. The van der Waals surface area contributed by atoms with Gasteiger partial charge in [-0.2, -0.15) is 0 Å². The first-order chi connectivity index (χ1) is 7.00. The molecule has 0 atom stereocenters. The predicted molar refractivity (Wildman–Crippen MR) is 63.6 cm³/mol. The number of nitrogens with zero attached hydrogens (tertiary/aromatic N) is 1. The topological polar surface area (TPSA) is 20.3 Å². The molecule has 76 valence electrons. The monoisotopic (exact) mass is 199 g/mol. The van der Waals surface area contributed by atoms with E-state index < -0.39 is 0 Å². The number of benzene rings is 1. The van der Waals surface area contributed by atoms with Gasteiger partial charge < -0.3 is 4.90 Å². The maximum absolute atomic E-state index is 11.9. The molecule has 2 radical (unpaired) electrons. The van der Waals surface area contributed by atoms with Crippen molar-refractivity contribution in [2.45, 2.75) is 6.92 Å². The smallest absolute Gasteiger partial charge is 0.190 e. The Kier molecular flexibility index (Phi) is 3.72. The third kappa shape index (κ3) is 3.28. The third-order valence-electron chi connectivity index (χ3n) is 1.98. The lowest BCUT2D eigenvalue weighted by Gasteiger charge is -2.07. The second kappa shape index (κ2) is 4.83. The van der Waals surface area contributed by atoms with E-state index >= 15 is 0 Å². The highest BCUT2D eigenvalue weighted by Gasteiger charge is 2.07. The van der Waals surface area contributed by atoms with Crippen LogP contribution in [0.1, 0.15) is 17.3 Å². The SMILES string of the molecule is [B]c1ccc(C(=O)/C(C)=C/N(C)C)cc1. The Hall–Kier alpha value is -1.51. The summed E-state index contributed by atoms with van der Waals surface area (Å²) in [5.74, 6) is 0.0312. The lowest BCUT2D eigenvalue weighted by atomic mass is 9.94. The second-order valence-corrected chi connectivity index (χ2v) is 3.73. The zero-order chi connectivity index (χ0) is 11.4. The van der Waals surface area contributed by atoms with E-state index in [2.05, 4.69) is 0 Å². The number of ketones is 1. The molecule has 0 saturated carbocycles. The molecule has 2 nitrogen and oxygen atoms in total. The van der Waals surface area contributed by atoms with E-state index in [1.54, 1.807) is 37.4 Å². The van der Waals surface area contributed by atoms with Gasteiger partial charge in [-0.05, 0) is 6.92 Å². The van der Waals surface area contributed by atoms with Gasteiger partial charge in [-0.25, -0.2) is 0 Å². The van der Waals surface area contributed by atoms with Gasteiger partial charge in [0, 0.05) is 31.4 Å². The largest absolute Gasteiger partial charge is 0.383 e. The van der Waals surface area contributed by atoms with Gasteiger partial charge in [0.2, 0.25) is 0 Å². The Morgan fingerprint density at radius 1 is 1.27 bits per heavy atom. The van der Waals surface area contributed by atoms with Crippen molar-refractivity contribution >= 4 is 19.1 Å². The highest BCUT2D eigenvalue weighted by molar-refractivity contribution is 6.32. The fourth-order valence-corrected chi connectivity index (χ4v) is 1.31. The summed E-state index contributed by atoms with van der Waals surface area (Å²) in [5, 5.41) is 0. The fourth-order valence-electron chi connectivity index (χ4n) is 1.31. The molecule has 1 rings (SSSR count). The molecule has 0 N–H and O–H groups in total. The van der Waals surface area contributed by atoms with Gasteiger partial charge in [-0.15, -0.1) is 0 Å². The van der Waals surface area contributed by atoms with E-state index in [1.807, 2.05) is 19.0 Å². The van der Waals surface area contributed by atoms with Gasteiger partial charge in [0.05, 0.1) is 0 Å². The number of rotatable bonds is 3. The van der Waals surface area contributed by atoms with Crippen LogP contribution in [0.3, 0.4) is 0 Å². The molecule has 0 aliphatic rings. The van der Waals surface area contributed by atoms with Crippen LogP contribution in [-0.4, -0.2) is 32.6 Å². The summed E-state index contributed by atoms with van der Waals surface area (Å²) in [6, 6.07) is 6.95. The molecule has 1 aromatic carbocycles. The first kappa shape index (κ1) is 11.6. The van der Waals surface area contributed by atoms with Crippen LogP contribution in [0.15, 0.2) is 36.0 Å². The van der Waals surface area contributed by atoms with Gasteiger partial charge in [-0.1, -0.05) is 29.7 Å². The minimum absolute atomic E-state index is 0.0312. The van der Waals surface area contributed by atoms with Crippen molar-refractivity contribution in [1.82, 2.24) is 4.90 Å². The standard InChI is InChI=1S/C12H14BNO/c1-9(8-14(2)3)12(15)10-4-6-11(13)7-5-10/h4-8H,1-3H3/b9-8+. The average Bonchev–Trinajstić information content (AvgIpc) is 2.17. The Labute approximate surface area is 92.0 Å². The van der Waals surface area contributed by atoms with Crippen molar-refractivity contribution < 1.29 is 4.79 Å². The summed E-state index contributed by atoms with van der Waals surface area (Å²) < 4.78 is 0. The van der Waals surface area contributed by atoms with Gasteiger partial charge in [0.1, 0.15) is 7.85 Å². The highest BCUT2D eigenvalue weighted by Crippen LogP contribution is 2.06. The van der Waals surface area contributed by atoms with E-state index in [-0.39, 0.29) is 5.78 Å². The minimum Gasteiger partial charge on any atom is -0.383 e. The van der Waals surface area contributed by atoms with Gasteiger partial charge >= 0.3 is 0 Å². The molecule has 0 aromatic heterocycles. The van der Waals surface area contributed by atoms with E-state index in [0.29, 0.717) is 16.6 Å². The molecule has 0 aliphatic carbocycles. The van der Waals surface area contributed by atoms with Gasteiger partial charge in [0.25, 0.3) is 0 Å². The number of hydrogen-bond acceptors (Lipinski definition) is 2. The van der Waals surface area contributed by atoms with E-state index in [4.69, 9.17) is 7.85 Å². The van der Waals surface area contributed by atoms with Crippen molar-refractivity contribution in [2.75, 3.05) is 14.1 Å². The van der Waals surface area contributed by atoms with E-state index in [1.165, 1.54) is 0 Å². The van der Waals surface area contributed by atoms with E-state index in [9.17, 15) is 4.79 Å². The zero-order valence-electron chi connectivity index (χ0n) is 9.32. The molecular weight excluding hydrogens is 185 g/mol. The Morgan fingerprint density at radius 3 is 2.27 bits per heavy atom. The average molecular weight is 199 g/mol. The Morgan fingerprint density at radius 2 is 1.80 bits per heavy atom. The lowest BCUT2D eigenvalue weighted by molar-refractivity contribution is 0.103. The van der Waals surface area contributed by atoms with Crippen molar-refractivity contribution in [1.29, 1.82) is 0 Å². The van der Waals surface area contributed by atoms with Crippen molar-refractivity contribution in [3.05, 3.63) is 41.6 Å². The molecule has 15 heavy (non-hydrogen) atoms. The molecule has 0 bridgehead atoms. The predicted octanol–water partition coefficient (Wildman–Crippen LogP) is 1.13. The van der Waals surface area contributed by atoms with Crippen molar-refractivity contribution in [2.24, 2.45) is 0 Å². The van der Waals surface area contributed by atoms with Crippen molar-refractivity contribution in [3.63, 3.8) is 0 Å². The quantitative estimate of drug-likeness (QED) is 0.413. The highest BCUT2D eigenvalue weighted by atomic mass is 16.1. The number of allylic oxidation sites excluding steroid dienone is 1. The summed E-state index contributed by atoms with van der Waals surface area (Å²) in [4.78, 5) is 13.7. The first-order valence-corrected chi connectivity index (χ1v) is 4.76. The van der Waals surface area contributed by atoms with Crippen LogP contribution in [0.4, 0.5) is 0 Å². The van der Waals surface area contributed by atoms with E-state index in [0.717, 1.165) is 0 Å². The molecule has 0 aliphatic heterocycles. The molecule has 0 saturated heterocycles. The van der Waals surface area contributed by atoms with Gasteiger partial charge in [0.15, 0.2) is 5.78 Å². The lowest BCUT2D eigenvalue weighted by Crippen LogP contribution is -2.09. The summed E-state index contributed by atoms with van der Waals surface area (Å²) in [5.41, 5.74) is 2.05. The normalized spacial score (nSPS) is 11.3. The van der Waals surface area contributed by atoms with Crippen LogP contribution in [-0.2, 0) is 0 Å². The fraction of sp³-hybridized carbons (Fsp3) is 0.250. The first-order valence-electron chi connectivity index (χ1n) is 4.76. The molecule has 3 heteroatoms. The number of carbonyl (C=O) groups is 1. The number of hydrogen-bond donors (Lipinski definition) is 0. The van der Waals surface area contributed by atoms with Crippen LogP contribution in [0.2, 0.25) is 0 Å². The Balaban J connectivity index is 2.90. The summed E-state index contributed by atoms with van der Waals surface area (Å²) in [6.07, 6.45) is 1.80. The molecular formula is C12H14BNO. The number of Topliss-reactive ketones (excluding diaryl/α,β-unsaturated/α-hetero) is 1. The van der Waals surface area contributed by atoms with Crippen LogP contribution >= 0.6 is 0 Å². The minimum atomic E-state index is 0.0312. The summed E-state index contributed by atoms with van der Waals surface area (Å²) in [7, 11) is 9.33. The third-order valence-corrected chi connectivity index (χ3v) is 1.98. The van der Waals surface area contributed by atoms with Crippen LogP contribution in [0.25, 0.3) is 0 Å². The van der Waals surface area contributed by atoms with Crippen molar-refractivity contribution in [3.8, 4) is 0 Å². The Bertz CT molecular complexity index is 379. The second-order valence-electron chi connectivity index (χ2n) is 3.73. The number of carbonyl (C=O) groups excluding carboxylic acids is 1. The van der Waals surface area contributed by atoms with Crippen LogP contribution in [0, 0.1) is 0 Å². The molecule has 0 amide bonds. The van der Waals surface area contributed by atoms with Crippen LogP contribution < -0.4 is 5.46 Å². The zero-order valence-corrected chi connectivity index (χ0v) is 9.32. The molecule has 0 heterocycles.